The second-order valence-electron chi connectivity index (χ2n) is 4.55. The Hall–Kier alpha value is -0.790. The molecule has 0 saturated carbocycles. The van der Waals surface area contributed by atoms with Gasteiger partial charge in [-0.2, -0.15) is 4.39 Å². The minimum atomic E-state index is -0.470. The van der Waals surface area contributed by atoms with E-state index in [1.807, 2.05) is 6.92 Å². The van der Waals surface area contributed by atoms with Gasteiger partial charge in [0.15, 0.2) is 0 Å². The van der Waals surface area contributed by atoms with Gasteiger partial charge >= 0.3 is 0 Å². The van der Waals surface area contributed by atoms with Crippen molar-refractivity contribution in [3.8, 4) is 0 Å². The number of halogens is 1. The number of unbranched alkanes of at least 4 members (excludes halogenated alkanes) is 1. The summed E-state index contributed by atoms with van der Waals surface area (Å²) in [5.41, 5.74) is 0.869. The van der Waals surface area contributed by atoms with E-state index in [2.05, 4.69) is 20.8 Å². The van der Waals surface area contributed by atoms with E-state index in [4.69, 9.17) is 4.42 Å². The van der Waals surface area contributed by atoms with Crippen LogP contribution in [0.2, 0.25) is 0 Å². The van der Waals surface area contributed by atoms with E-state index < -0.39 is 6.01 Å². The van der Waals surface area contributed by atoms with Gasteiger partial charge in [0.25, 0.3) is 6.01 Å². The molecule has 0 fully saturated rings. The molecule has 0 unspecified atom stereocenters. The summed E-state index contributed by atoms with van der Waals surface area (Å²) in [4.78, 5) is 0. The van der Waals surface area contributed by atoms with E-state index in [1.54, 1.807) is 0 Å². The highest BCUT2D eigenvalue weighted by atomic mass is 19.1. The fraction of sp³-hybridized carbons (Fsp3) is 0.667. The molecule has 1 heterocycles. The number of hydrogen-bond acceptors (Lipinski definition) is 1. The first kappa shape index (κ1) is 11.3. The Balaban J connectivity index is 2.85. The molecule has 0 aliphatic carbocycles. The van der Waals surface area contributed by atoms with Gasteiger partial charge in [0.1, 0.15) is 5.76 Å². The van der Waals surface area contributed by atoms with Crippen LogP contribution in [0.4, 0.5) is 4.39 Å². The summed E-state index contributed by atoms with van der Waals surface area (Å²) in [6.07, 6.45) is 3.34. The van der Waals surface area contributed by atoms with Gasteiger partial charge in [-0.15, -0.1) is 0 Å². The smallest absolute Gasteiger partial charge is 0.278 e. The lowest BCUT2D eigenvalue weighted by Crippen LogP contribution is -2.17. The number of hydrogen-bond donors (Lipinski definition) is 0. The summed E-state index contributed by atoms with van der Waals surface area (Å²) in [5, 5.41) is 0. The average molecular weight is 198 g/mol. The molecule has 0 saturated heterocycles. The molecule has 0 radical (unpaired) electrons. The standard InChI is InChI=1S/C12H19FO/c1-5-6-7-12(3,4)11-9(2)8-10(13)14-11/h8H,5-7H2,1-4H3. The second-order valence-corrected chi connectivity index (χ2v) is 4.55. The molecule has 0 aromatic carbocycles. The van der Waals surface area contributed by atoms with E-state index in [0.717, 1.165) is 30.6 Å². The lowest BCUT2D eigenvalue weighted by Gasteiger charge is -2.22. The van der Waals surface area contributed by atoms with Gasteiger partial charge in [-0.3, -0.25) is 0 Å². The molecule has 1 aromatic heterocycles. The molecule has 0 spiro atoms. The second kappa shape index (κ2) is 4.16. The summed E-state index contributed by atoms with van der Waals surface area (Å²) in [6.45, 7) is 8.27. The van der Waals surface area contributed by atoms with Crippen molar-refractivity contribution in [2.75, 3.05) is 0 Å². The van der Waals surface area contributed by atoms with Crippen molar-refractivity contribution in [2.24, 2.45) is 0 Å². The van der Waals surface area contributed by atoms with Crippen molar-refractivity contribution in [3.05, 3.63) is 23.4 Å². The molecule has 0 bridgehead atoms. The Labute approximate surface area is 85.3 Å². The zero-order valence-electron chi connectivity index (χ0n) is 9.48. The molecule has 1 rings (SSSR count). The molecular weight excluding hydrogens is 179 g/mol. The van der Waals surface area contributed by atoms with Gasteiger partial charge in [-0.25, -0.2) is 0 Å². The lowest BCUT2D eigenvalue weighted by atomic mass is 9.83. The van der Waals surface area contributed by atoms with Crippen molar-refractivity contribution >= 4 is 0 Å². The van der Waals surface area contributed by atoms with Crippen LogP contribution in [0.1, 0.15) is 51.4 Å². The highest BCUT2D eigenvalue weighted by Crippen LogP contribution is 2.32. The quantitative estimate of drug-likeness (QED) is 0.706. The van der Waals surface area contributed by atoms with Crippen LogP contribution in [0.5, 0.6) is 0 Å². The molecule has 80 valence electrons. The molecule has 0 N–H and O–H groups in total. The molecular formula is C12H19FO. The topological polar surface area (TPSA) is 13.1 Å². The summed E-state index contributed by atoms with van der Waals surface area (Å²) >= 11 is 0. The predicted molar refractivity (Wildman–Crippen MR) is 56.0 cm³/mol. The van der Waals surface area contributed by atoms with E-state index in [0.29, 0.717) is 0 Å². The van der Waals surface area contributed by atoms with Gasteiger partial charge in [0.2, 0.25) is 0 Å². The van der Waals surface area contributed by atoms with Crippen molar-refractivity contribution in [1.29, 1.82) is 0 Å². The fourth-order valence-electron chi connectivity index (χ4n) is 1.85. The number of rotatable bonds is 4. The van der Waals surface area contributed by atoms with Crippen LogP contribution in [-0.4, -0.2) is 0 Å². The van der Waals surface area contributed by atoms with Crippen LogP contribution in [0.15, 0.2) is 10.5 Å². The Kier molecular flexibility index (Phi) is 3.35. The first-order valence-corrected chi connectivity index (χ1v) is 5.24. The third-order valence-electron chi connectivity index (χ3n) is 2.66. The van der Waals surface area contributed by atoms with Crippen LogP contribution in [0.25, 0.3) is 0 Å². The maximum atomic E-state index is 12.9. The Morgan fingerprint density at radius 3 is 2.50 bits per heavy atom. The minimum absolute atomic E-state index is 0.0512. The normalized spacial score (nSPS) is 12.1. The molecule has 0 atom stereocenters. The molecule has 0 amide bonds. The van der Waals surface area contributed by atoms with E-state index in [-0.39, 0.29) is 5.41 Å². The van der Waals surface area contributed by atoms with Crippen molar-refractivity contribution in [3.63, 3.8) is 0 Å². The van der Waals surface area contributed by atoms with Crippen LogP contribution in [0.3, 0.4) is 0 Å². The van der Waals surface area contributed by atoms with Gasteiger partial charge in [0.05, 0.1) is 0 Å². The summed E-state index contributed by atoms with van der Waals surface area (Å²) in [7, 11) is 0. The predicted octanol–water partition coefficient (Wildman–Crippen LogP) is 4.19. The van der Waals surface area contributed by atoms with Gasteiger partial charge in [0, 0.05) is 11.5 Å². The van der Waals surface area contributed by atoms with E-state index in [9.17, 15) is 4.39 Å². The van der Waals surface area contributed by atoms with E-state index in [1.165, 1.54) is 6.07 Å². The highest BCUT2D eigenvalue weighted by Gasteiger charge is 2.26. The first-order valence-electron chi connectivity index (χ1n) is 5.24. The van der Waals surface area contributed by atoms with Crippen LogP contribution >= 0.6 is 0 Å². The molecule has 0 aliphatic rings. The Morgan fingerprint density at radius 1 is 1.43 bits per heavy atom. The SMILES string of the molecule is CCCCC(C)(C)c1oc(F)cc1C. The monoisotopic (exact) mass is 198 g/mol. The number of furan rings is 1. The molecule has 14 heavy (non-hydrogen) atoms. The lowest BCUT2D eigenvalue weighted by molar-refractivity contribution is 0.282. The van der Waals surface area contributed by atoms with Crippen molar-refractivity contribution < 1.29 is 8.81 Å². The molecule has 1 aromatic rings. The van der Waals surface area contributed by atoms with Crippen molar-refractivity contribution in [1.82, 2.24) is 0 Å². The summed E-state index contributed by atoms with van der Waals surface area (Å²) in [5.74, 6) is 0.795. The van der Waals surface area contributed by atoms with Gasteiger partial charge in [-0.05, 0) is 18.9 Å². The Bertz CT molecular complexity index is 299. The average Bonchev–Trinajstić information content (AvgIpc) is 2.42. The Morgan fingerprint density at radius 2 is 2.07 bits per heavy atom. The third-order valence-corrected chi connectivity index (χ3v) is 2.66. The molecule has 1 nitrogen and oxygen atoms in total. The minimum Gasteiger partial charge on any atom is -0.435 e. The van der Waals surface area contributed by atoms with Gasteiger partial charge in [-0.1, -0.05) is 33.6 Å². The summed E-state index contributed by atoms with van der Waals surface area (Å²) < 4.78 is 18.0. The first-order chi connectivity index (χ1) is 6.47. The van der Waals surface area contributed by atoms with Crippen LogP contribution in [-0.2, 0) is 5.41 Å². The van der Waals surface area contributed by atoms with E-state index >= 15 is 0 Å². The third kappa shape index (κ3) is 2.37. The maximum absolute atomic E-state index is 12.9. The molecule has 0 aliphatic heterocycles. The zero-order chi connectivity index (χ0) is 10.8. The van der Waals surface area contributed by atoms with Crippen molar-refractivity contribution in [2.45, 2.75) is 52.4 Å². The highest BCUT2D eigenvalue weighted by molar-refractivity contribution is 5.22. The number of aryl methyl sites for hydroxylation is 1. The zero-order valence-corrected chi connectivity index (χ0v) is 9.48. The van der Waals surface area contributed by atoms with Gasteiger partial charge < -0.3 is 4.42 Å². The van der Waals surface area contributed by atoms with Crippen LogP contribution < -0.4 is 0 Å². The summed E-state index contributed by atoms with van der Waals surface area (Å²) in [6, 6.07) is 0.991. The largest absolute Gasteiger partial charge is 0.435 e. The van der Waals surface area contributed by atoms with Crippen LogP contribution in [0, 0.1) is 12.9 Å². The fourth-order valence-corrected chi connectivity index (χ4v) is 1.85. The molecule has 2 heteroatoms. The maximum Gasteiger partial charge on any atom is 0.278 e.